The summed E-state index contributed by atoms with van der Waals surface area (Å²) in [6.45, 7) is -0.157. The number of aliphatic hydroxyl groups excluding tert-OH is 4. The number of hydrogen-bond acceptors (Lipinski definition) is 15. The van der Waals surface area contributed by atoms with Gasteiger partial charge in [0.05, 0.1) is 49.1 Å². The van der Waals surface area contributed by atoms with Crippen molar-refractivity contribution in [1.82, 2.24) is 10.2 Å². The fourth-order valence-electron chi connectivity index (χ4n) is 5.61. The zero-order valence-corrected chi connectivity index (χ0v) is 23.2. The van der Waals surface area contributed by atoms with Gasteiger partial charge in [0.1, 0.15) is 24.4 Å². The molecule has 0 radical (unpaired) electrons. The summed E-state index contributed by atoms with van der Waals surface area (Å²) in [5.74, 6) is -0.665. The maximum atomic E-state index is 12.8. The van der Waals surface area contributed by atoms with Gasteiger partial charge in [-0.25, -0.2) is 0 Å². The molecule has 0 aromatic heterocycles. The molecule has 16 heteroatoms. The Hall–Kier alpha value is -1.09. The van der Waals surface area contributed by atoms with Crippen LogP contribution in [0.25, 0.3) is 0 Å². The molecule has 3 rings (SSSR count). The third-order valence-corrected chi connectivity index (χ3v) is 7.97. The second kappa shape index (κ2) is 14.9. The summed E-state index contributed by atoms with van der Waals surface area (Å²) in [4.78, 5) is 14.6. The number of likely N-dealkylation sites (N-methyl/N-ethyl adjacent to an activating group) is 1. The van der Waals surface area contributed by atoms with Crippen LogP contribution in [0.5, 0.6) is 0 Å². The molecule has 6 unspecified atom stereocenters. The predicted octanol–water partition coefficient (Wildman–Crippen LogP) is -5.83. The number of aliphatic hydroxyl groups is 4. The summed E-state index contributed by atoms with van der Waals surface area (Å²) in [7, 11) is 3.54. The van der Waals surface area contributed by atoms with E-state index in [0.717, 1.165) is 0 Å². The normalized spacial score (nSPS) is 43.5. The zero-order valence-electron chi connectivity index (χ0n) is 23.2. The molecule has 0 aromatic rings. The summed E-state index contributed by atoms with van der Waals surface area (Å²) in [6, 6.07) is -3.65. The first kappa shape index (κ1) is 33.4. The van der Waals surface area contributed by atoms with Crippen LogP contribution in [-0.4, -0.2) is 151 Å². The van der Waals surface area contributed by atoms with Crippen molar-refractivity contribution >= 4 is 5.91 Å². The highest BCUT2D eigenvalue weighted by molar-refractivity contribution is 5.80. The summed E-state index contributed by atoms with van der Waals surface area (Å²) >= 11 is 0. The quantitative estimate of drug-likeness (QED) is 0.109. The van der Waals surface area contributed by atoms with Crippen LogP contribution in [0.3, 0.4) is 0 Å². The molecule has 2 heterocycles. The zero-order chi connectivity index (χ0) is 29.7. The van der Waals surface area contributed by atoms with Crippen LogP contribution in [0.15, 0.2) is 0 Å². The maximum absolute atomic E-state index is 12.8. The first-order valence-electron chi connectivity index (χ1n) is 13.8. The monoisotopic (exact) mass is 579 g/mol. The van der Waals surface area contributed by atoms with Gasteiger partial charge in [0.15, 0.2) is 12.6 Å². The summed E-state index contributed by atoms with van der Waals surface area (Å²) in [5.41, 5.74) is 30.2. The highest BCUT2D eigenvalue weighted by Gasteiger charge is 2.52. The van der Waals surface area contributed by atoms with Crippen LogP contribution in [0.4, 0.5) is 0 Å². The Morgan fingerprint density at radius 1 is 1.02 bits per heavy atom. The fraction of sp³-hybridized carbons (Fsp3) is 0.958. The molecular formula is C24H49N7O9. The minimum absolute atomic E-state index is 0.0492. The third kappa shape index (κ3) is 7.64. The van der Waals surface area contributed by atoms with Crippen LogP contribution in [0.1, 0.15) is 25.7 Å². The van der Waals surface area contributed by atoms with Crippen molar-refractivity contribution in [3.63, 3.8) is 0 Å². The summed E-state index contributed by atoms with van der Waals surface area (Å²) < 4.78 is 24.4. The van der Waals surface area contributed by atoms with E-state index in [-0.39, 0.29) is 25.5 Å². The van der Waals surface area contributed by atoms with Gasteiger partial charge >= 0.3 is 0 Å². The molecule has 15 N–H and O–H groups in total. The Bertz CT molecular complexity index is 800. The molecule has 14 atom stereocenters. The fourth-order valence-corrected chi connectivity index (χ4v) is 5.61. The summed E-state index contributed by atoms with van der Waals surface area (Å²) in [6.07, 6.45) is -7.75. The molecule has 0 bridgehead atoms. The molecule has 1 saturated carbocycles. The van der Waals surface area contributed by atoms with E-state index in [4.69, 9.17) is 47.6 Å². The number of amides is 1. The average molecular weight is 580 g/mol. The molecule has 3 aliphatic rings. The molecular weight excluding hydrogens is 530 g/mol. The van der Waals surface area contributed by atoms with Gasteiger partial charge in [0.2, 0.25) is 5.91 Å². The molecule has 16 nitrogen and oxygen atoms in total. The van der Waals surface area contributed by atoms with Gasteiger partial charge in [0, 0.05) is 12.6 Å². The van der Waals surface area contributed by atoms with Crippen LogP contribution >= 0.6 is 0 Å². The number of rotatable bonds is 11. The van der Waals surface area contributed by atoms with Gasteiger partial charge in [0.25, 0.3) is 0 Å². The van der Waals surface area contributed by atoms with E-state index in [9.17, 15) is 25.2 Å². The molecule has 0 spiro atoms. The Balaban J connectivity index is 1.92. The predicted molar refractivity (Wildman–Crippen MR) is 142 cm³/mol. The Kier molecular flexibility index (Phi) is 12.4. The second-order valence-corrected chi connectivity index (χ2v) is 11.2. The number of nitrogens with two attached hydrogens (primary N) is 5. The van der Waals surface area contributed by atoms with Gasteiger partial charge in [-0.2, -0.15) is 0 Å². The lowest BCUT2D eigenvalue weighted by Crippen LogP contribution is -2.71. The van der Waals surface area contributed by atoms with Crippen molar-refractivity contribution < 1.29 is 44.2 Å². The number of carbonyl (C=O) groups is 1. The van der Waals surface area contributed by atoms with Crippen molar-refractivity contribution in [3.8, 4) is 0 Å². The van der Waals surface area contributed by atoms with E-state index in [1.54, 1.807) is 19.0 Å². The molecule has 40 heavy (non-hydrogen) atoms. The standard InChI is InChI=1S/C24H49N7O9/c1-31(2)17-20(39-23-11(27)4-3-10(8-26)37-23)12(28)7-13(30-22(36)14(33)5-6-25)21(17)40-24-19(35)16(29)18(34)15(9-32)38-24/h10-21,23-24,32-35H,3-9,25-29H2,1-2H3,(H,30,36)/t10?,11?,12-,13+,14-,15?,16-,17?,18-,19?,20?,21+,23-,24-/m0/s1. The van der Waals surface area contributed by atoms with Gasteiger partial charge in [-0.1, -0.05) is 0 Å². The van der Waals surface area contributed by atoms with Crippen LogP contribution in [0, 0.1) is 0 Å². The minimum Gasteiger partial charge on any atom is -0.394 e. The smallest absolute Gasteiger partial charge is 0.249 e. The lowest BCUT2D eigenvalue weighted by molar-refractivity contribution is -0.307. The SMILES string of the molecule is CN(C)C1C(O[C@@H]2OC(CN)CCC2N)[C@@H](N)C[C@@H](NC(=O)[C@@H](O)CCN)[C@H]1O[C@@H]1OC(CO)[C@H](O)[C@H](N)C1O. The van der Waals surface area contributed by atoms with E-state index in [1.807, 2.05) is 0 Å². The van der Waals surface area contributed by atoms with Crippen LogP contribution in [-0.2, 0) is 23.7 Å². The highest BCUT2D eigenvalue weighted by Crippen LogP contribution is 2.33. The van der Waals surface area contributed by atoms with Gasteiger partial charge in [-0.05, 0) is 46.3 Å². The Morgan fingerprint density at radius 3 is 2.30 bits per heavy atom. The van der Waals surface area contributed by atoms with Crippen molar-refractivity contribution in [3.05, 3.63) is 0 Å². The second-order valence-electron chi connectivity index (χ2n) is 11.2. The van der Waals surface area contributed by atoms with Gasteiger partial charge in [-0.15, -0.1) is 0 Å². The van der Waals surface area contributed by atoms with Crippen molar-refractivity contribution in [2.45, 2.75) is 111 Å². The lowest BCUT2D eigenvalue weighted by Gasteiger charge is -2.51. The van der Waals surface area contributed by atoms with Crippen LogP contribution in [0.2, 0.25) is 0 Å². The molecule has 2 saturated heterocycles. The molecule has 2 aliphatic heterocycles. The molecule has 0 aromatic carbocycles. The number of ether oxygens (including phenoxy) is 4. The number of hydrogen-bond donors (Lipinski definition) is 10. The maximum Gasteiger partial charge on any atom is 0.249 e. The Morgan fingerprint density at radius 2 is 1.70 bits per heavy atom. The topological polar surface area (TPSA) is 280 Å². The first-order chi connectivity index (χ1) is 18.9. The number of nitrogens with one attached hydrogen (secondary N) is 1. The van der Waals surface area contributed by atoms with E-state index in [2.05, 4.69) is 5.32 Å². The largest absolute Gasteiger partial charge is 0.394 e. The number of nitrogens with zero attached hydrogens (tertiary/aromatic N) is 1. The Labute approximate surface area is 234 Å². The van der Waals surface area contributed by atoms with E-state index in [0.29, 0.717) is 19.4 Å². The van der Waals surface area contributed by atoms with Crippen molar-refractivity contribution in [1.29, 1.82) is 0 Å². The van der Waals surface area contributed by atoms with Crippen molar-refractivity contribution in [2.75, 3.05) is 33.8 Å². The first-order valence-corrected chi connectivity index (χ1v) is 13.8. The molecule has 1 aliphatic carbocycles. The average Bonchev–Trinajstić information content (AvgIpc) is 2.92. The van der Waals surface area contributed by atoms with Crippen molar-refractivity contribution in [2.24, 2.45) is 28.7 Å². The molecule has 234 valence electrons. The lowest BCUT2D eigenvalue weighted by atomic mass is 9.81. The molecule has 1 amide bonds. The molecule has 3 fully saturated rings. The van der Waals surface area contributed by atoms with Crippen LogP contribution < -0.4 is 34.0 Å². The summed E-state index contributed by atoms with van der Waals surface area (Å²) in [5, 5.41) is 43.8. The number of carbonyl (C=O) groups excluding carboxylic acids is 1. The van der Waals surface area contributed by atoms with Gasteiger partial charge < -0.3 is 78.3 Å². The van der Waals surface area contributed by atoms with E-state index < -0.39 is 91.9 Å². The third-order valence-electron chi connectivity index (χ3n) is 7.97. The van der Waals surface area contributed by atoms with E-state index in [1.165, 1.54) is 0 Å². The minimum atomic E-state index is -1.46. The van der Waals surface area contributed by atoms with E-state index >= 15 is 0 Å². The highest BCUT2D eigenvalue weighted by atomic mass is 16.7. The van der Waals surface area contributed by atoms with Gasteiger partial charge in [-0.3, -0.25) is 4.79 Å².